The Bertz CT molecular complexity index is 1110. The van der Waals surface area contributed by atoms with Crippen molar-refractivity contribution in [3.05, 3.63) is 63.4 Å². The minimum Gasteiger partial charge on any atom is -0.375 e. The molecule has 9 heteroatoms. The van der Waals surface area contributed by atoms with Crippen LogP contribution in [-0.2, 0) is 0 Å². The average Bonchev–Trinajstić information content (AvgIpc) is 2.86. The van der Waals surface area contributed by atoms with Gasteiger partial charge in [0.15, 0.2) is 10.9 Å². The molecule has 0 aliphatic carbocycles. The standard InChI is InChI=1S/C15H9ClN6OS/c16-7-1-2-11-9(5-7)12(20-21-15(17)24)13-19-10-6-18-4-3-8(10)14(23)22(11)13/h1-6H,(H3,17,21,24). The number of thiocarbonyl (C=S) groups is 1. The summed E-state index contributed by atoms with van der Waals surface area (Å²) in [6.07, 6.45) is 3.09. The van der Waals surface area contributed by atoms with E-state index in [1.807, 2.05) is 0 Å². The highest BCUT2D eigenvalue weighted by Gasteiger charge is 2.29. The van der Waals surface area contributed by atoms with Crippen LogP contribution in [0.3, 0.4) is 0 Å². The fourth-order valence-electron chi connectivity index (χ4n) is 2.65. The van der Waals surface area contributed by atoms with Crippen LogP contribution in [0.4, 0.5) is 0 Å². The van der Waals surface area contributed by atoms with E-state index < -0.39 is 0 Å². The molecule has 0 saturated heterocycles. The predicted molar refractivity (Wildman–Crippen MR) is 95.7 cm³/mol. The molecule has 1 aliphatic rings. The van der Waals surface area contributed by atoms with Gasteiger partial charge in [-0.15, -0.1) is 0 Å². The molecule has 0 bridgehead atoms. The summed E-state index contributed by atoms with van der Waals surface area (Å²) < 4.78 is 1.49. The maximum atomic E-state index is 12.9. The van der Waals surface area contributed by atoms with Gasteiger partial charge in [-0.1, -0.05) is 11.6 Å². The lowest BCUT2D eigenvalue weighted by Gasteiger charge is -2.05. The number of rotatable bonds is 1. The number of nitrogens with two attached hydrogens (primary N) is 1. The van der Waals surface area contributed by atoms with Gasteiger partial charge >= 0.3 is 0 Å². The van der Waals surface area contributed by atoms with E-state index in [1.54, 1.807) is 30.5 Å². The zero-order valence-electron chi connectivity index (χ0n) is 12.0. The molecule has 0 spiro atoms. The third-order valence-electron chi connectivity index (χ3n) is 3.62. The van der Waals surface area contributed by atoms with Crippen LogP contribution in [0.2, 0.25) is 5.02 Å². The van der Waals surface area contributed by atoms with Crippen molar-refractivity contribution in [3.63, 3.8) is 0 Å². The van der Waals surface area contributed by atoms with E-state index >= 15 is 0 Å². The predicted octanol–water partition coefficient (Wildman–Crippen LogP) is 1.33. The van der Waals surface area contributed by atoms with E-state index in [1.165, 1.54) is 10.8 Å². The van der Waals surface area contributed by atoms with Gasteiger partial charge in [-0.3, -0.25) is 19.8 Å². The van der Waals surface area contributed by atoms with Crippen LogP contribution < -0.4 is 16.7 Å². The molecule has 4 rings (SSSR count). The van der Waals surface area contributed by atoms with E-state index in [0.717, 1.165) is 0 Å². The van der Waals surface area contributed by atoms with Crippen molar-refractivity contribution < 1.29 is 0 Å². The number of pyridine rings is 1. The first-order valence-electron chi connectivity index (χ1n) is 6.87. The number of nitrogens with one attached hydrogen (secondary N) is 1. The molecule has 1 aliphatic heterocycles. The first-order valence-corrected chi connectivity index (χ1v) is 7.65. The molecule has 0 saturated carbocycles. The topological polar surface area (TPSA) is 98.2 Å². The lowest BCUT2D eigenvalue weighted by Crippen LogP contribution is -2.26. The van der Waals surface area contributed by atoms with Gasteiger partial charge in [0.2, 0.25) is 0 Å². The molecule has 118 valence electrons. The van der Waals surface area contributed by atoms with E-state index in [0.29, 0.717) is 38.7 Å². The zero-order valence-corrected chi connectivity index (χ0v) is 13.6. The largest absolute Gasteiger partial charge is 0.375 e. The van der Waals surface area contributed by atoms with Gasteiger partial charge in [0.1, 0.15) is 5.71 Å². The molecule has 0 radical (unpaired) electrons. The second-order valence-electron chi connectivity index (χ2n) is 5.07. The SMILES string of the molecule is NC(=S)NN=C1c2cc(Cl)ccc2-n2c1nc1cnccc1c2=O. The summed E-state index contributed by atoms with van der Waals surface area (Å²) in [6.45, 7) is 0. The molecule has 0 unspecified atom stereocenters. The van der Waals surface area contributed by atoms with E-state index in [-0.39, 0.29) is 10.7 Å². The Balaban J connectivity index is 2.10. The normalized spacial score (nSPS) is 13.8. The van der Waals surface area contributed by atoms with Crippen LogP contribution in [0, 0.1) is 0 Å². The number of hydrazone groups is 1. The highest BCUT2D eigenvalue weighted by Crippen LogP contribution is 2.29. The molecule has 0 fully saturated rings. The number of hydrogen-bond acceptors (Lipinski definition) is 5. The molecule has 3 aromatic rings. The fraction of sp³-hybridized carbons (Fsp3) is 0. The van der Waals surface area contributed by atoms with Crippen LogP contribution >= 0.6 is 23.8 Å². The van der Waals surface area contributed by atoms with Crippen LogP contribution in [0.25, 0.3) is 16.6 Å². The van der Waals surface area contributed by atoms with Crippen molar-refractivity contribution in [2.45, 2.75) is 0 Å². The van der Waals surface area contributed by atoms with Crippen molar-refractivity contribution in [3.8, 4) is 5.69 Å². The fourth-order valence-corrected chi connectivity index (χ4v) is 2.87. The minimum atomic E-state index is -0.207. The summed E-state index contributed by atoms with van der Waals surface area (Å²) in [7, 11) is 0. The Kier molecular flexibility index (Phi) is 3.29. The lowest BCUT2D eigenvalue weighted by atomic mass is 10.1. The van der Waals surface area contributed by atoms with Gasteiger partial charge < -0.3 is 5.73 Å². The summed E-state index contributed by atoms with van der Waals surface area (Å²) >= 11 is 10.9. The number of halogens is 1. The third-order valence-corrected chi connectivity index (χ3v) is 3.94. The summed E-state index contributed by atoms with van der Waals surface area (Å²) in [6, 6.07) is 6.81. The monoisotopic (exact) mass is 356 g/mol. The maximum absolute atomic E-state index is 12.9. The number of nitrogens with zero attached hydrogens (tertiary/aromatic N) is 4. The number of benzene rings is 1. The Morgan fingerprint density at radius 1 is 1.38 bits per heavy atom. The van der Waals surface area contributed by atoms with Crippen LogP contribution in [0.1, 0.15) is 11.4 Å². The van der Waals surface area contributed by atoms with Gasteiger partial charge in [-0.05, 0) is 36.5 Å². The minimum absolute atomic E-state index is 0.00864. The molecule has 24 heavy (non-hydrogen) atoms. The zero-order chi connectivity index (χ0) is 16.8. The van der Waals surface area contributed by atoms with Crippen molar-refractivity contribution in [1.29, 1.82) is 0 Å². The van der Waals surface area contributed by atoms with Crippen LogP contribution in [0.15, 0.2) is 46.6 Å². The van der Waals surface area contributed by atoms with Crippen LogP contribution in [-0.4, -0.2) is 25.4 Å². The summed E-state index contributed by atoms with van der Waals surface area (Å²) in [4.78, 5) is 21.4. The maximum Gasteiger partial charge on any atom is 0.266 e. The van der Waals surface area contributed by atoms with Crippen molar-refractivity contribution in [2.24, 2.45) is 10.8 Å². The second-order valence-corrected chi connectivity index (χ2v) is 5.94. The number of aromatic nitrogens is 3. The van der Waals surface area contributed by atoms with Crippen molar-refractivity contribution in [1.82, 2.24) is 20.0 Å². The Labute approximate surface area is 145 Å². The molecule has 3 heterocycles. The average molecular weight is 357 g/mol. The highest BCUT2D eigenvalue weighted by atomic mass is 35.5. The van der Waals surface area contributed by atoms with Gasteiger partial charge in [0.05, 0.1) is 22.8 Å². The molecule has 0 atom stereocenters. The quantitative estimate of drug-likeness (QED) is 0.394. The second kappa shape index (κ2) is 5.36. The Morgan fingerprint density at radius 2 is 2.21 bits per heavy atom. The molecule has 3 N–H and O–H groups in total. The molecule has 1 aromatic carbocycles. The Hall–Kier alpha value is -2.84. The summed E-state index contributed by atoms with van der Waals surface area (Å²) in [5.74, 6) is 0.376. The molecular weight excluding hydrogens is 348 g/mol. The van der Waals surface area contributed by atoms with E-state index in [9.17, 15) is 4.79 Å². The van der Waals surface area contributed by atoms with Gasteiger partial charge in [0.25, 0.3) is 5.56 Å². The van der Waals surface area contributed by atoms with Crippen molar-refractivity contribution >= 4 is 45.5 Å². The molecular formula is C15H9ClN6OS. The lowest BCUT2D eigenvalue weighted by molar-refractivity contribution is 0.956. The molecule has 2 aromatic heterocycles. The molecule has 7 nitrogen and oxygen atoms in total. The first-order chi connectivity index (χ1) is 11.6. The van der Waals surface area contributed by atoms with Gasteiger partial charge in [-0.2, -0.15) is 5.10 Å². The summed E-state index contributed by atoms with van der Waals surface area (Å²) in [5.41, 5.74) is 10.0. The first kappa shape index (κ1) is 14.7. The van der Waals surface area contributed by atoms with Crippen molar-refractivity contribution in [2.75, 3.05) is 0 Å². The van der Waals surface area contributed by atoms with Gasteiger partial charge in [-0.25, -0.2) is 4.98 Å². The van der Waals surface area contributed by atoms with Gasteiger partial charge in [0, 0.05) is 16.8 Å². The number of fused-ring (bicyclic) bond motifs is 4. The van der Waals surface area contributed by atoms with E-state index in [4.69, 9.17) is 29.6 Å². The third kappa shape index (κ3) is 2.15. The Morgan fingerprint density at radius 3 is 3.00 bits per heavy atom. The number of hydrogen-bond donors (Lipinski definition) is 2. The summed E-state index contributed by atoms with van der Waals surface area (Å²) in [5, 5.41) is 5.19. The highest BCUT2D eigenvalue weighted by molar-refractivity contribution is 7.80. The molecule has 0 amide bonds. The van der Waals surface area contributed by atoms with E-state index in [2.05, 4.69) is 20.5 Å². The van der Waals surface area contributed by atoms with Crippen LogP contribution in [0.5, 0.6) is 0 Å². The smallest absolute Gasteiger partial charge is 0.266 e.